The Morgan fingerprint density at radius 1 is 1.50 bits per heavy atom. The first-order valence-corrected chi connectivity index (χ1v) is 5.62. The van der Waals surface area contributed by atoms with Crippen molar-refractivity contribution in [2.45, 2.75) is 13.3 Å². The summed E-state index contributed by atoms with van der Waals surface area (Å²) < 4.78 is 1.23. The van der Waals surface area contributed by atoms with E-state index in [4.69, 9.17) is 0 Å². The van der Waals surface area contributed by atoms with Gasteiger partial charge in [-0.2, -0.15) is 0 Å². The van der Waals surface area contributed by atoms with Gasteiger partial charge < -0.3 is 5.32 Å². The van der Waals surface area contributed by atoms with Crippen LogP contribution < -0.4 is 5.32 Å². The molecule has 0 radical (unpaired) electrons. The molecule has 0 amide bonds. The summed E-state index contributed by atoms with van der Waals surface area (Å²) >= 11 is 1.76. The minimum Gasteiger partial charge on any atom is -0.317 e. The molecule has 3 nitrogen and oxygen atoms in total. The molecule has 0 bridgehead atoms. The Balaban J connectivity index is 2.11. The Morgan fingerprint density at radius 3 is 3.21 bits per heavy atom. The van der Waals surface area contributed by atoms with Crippen molar-refractivity contribution in [2.24, 2.45) is 0 Å². The molecule has 14 heavy (non-hydrogen) atoms. The molecule has 0 fully saturated rings. The highest BCUT2D eigenvalue weighted by Crippen LogP contribution is 2.20. The predicted octanol–water partition coefficient (Wildman–Crippen LogP) is 1.84. The van der Waals surface area contributed by atoms with Crippen LogP contribution in [0.3, 0.4) is 0 Å². The van der Waals surface area contributed by atoms with Gasteiger partial charge in [0.1, 0.15) is 0 Å². The lowest BCUT2D eigenvalue weighted by molar-refractivity contribution is 0.715. The number of rotatable bonds is 4. The van der Waals surface area contributed by atoms with Crippen molar-refractivity contribution < 1.29 is 0 Å². The fraction of sp³-hybridized carbons (Fsp3) is 0.400. The largest absolute Gasteiger partial charge is 0.317 e. The average Bonchev–Trinajstić information content (AvgIpc) is 2.60. The monoisotopic (exact) mass is 207 g/mol. The molecule has 0 spiro atoms. The van der Waals surface area contributed by atoms with Gasteiger partial charge in [0.15, 0.2) is 0 Å². The molecule has 2 rings (SSSR count). The van der Waals surface area contributed by atoms with Gasteiger partial charge in [0.25, 0.3) is 0 Å². The number of hydrogen-bond acceptors (Lipinski definition) is 4. The van der Waals surface area contributed by atoms with E-state index in [0.717, 1.165) is 25.0 Å². The minimum atomic E-state index is 1.00. The summed E-state index contributed by atoms with van der Waals surface area (Å²) in [6.45, 7) is 4.14. The summed E-state index contributed by atoms with van der Waals surface area (Å²) in [6, 6.07) is 2.02. The van der Waals surface area contributed by atoms with E-state index >= 15 is 0 Å². The SMILES string of the molecule is CCNCCc1nc2cnccc2s1. The van der Waals surface area contributed by atoms with Crippen LogP contribution in [0, 0.1) is 0 Å². The number of fused-ring (bicyclic) bond motifs is 1. The molecule has 0 unspecified atom stereocenters. The number of thiazole rings is 1. The van der Waals surface area contributed by atoms with Gasteiger partial charge in [-0.3, -0.25) is 4.98 Å². The zero-order valence-electron chi connectivity index (χ0n) is 8.16. The van der Waals surface area contributed by atoms with Crippen LogP contribution >= 0.6 is 11.3 Å². The van der Waals surface area contributed by atoms with Crippen LogP contribution in [-0.4, -0.2) is 23.1 Å². The average molecular weight is 207 g/mol. The summed E-state index contributed by atoms with van der Waals surface area (Å²) in [4.78, 5) is 8.55. The van der Waals surface area contributed by atoms with Gasteiger partial charge in [0.05, 0.1) is 21.4 Å². The summed E-state index contributed by atoms with van der Waals surface area (Å²) in [6.07, 6.45) is 4.64. The third-order valence-corrected chi connectivity index (χ3v) is 3.10. The van der Waals surface area contributed by atoms with Crippen LogP contribution in [0.15, 0.2) is 18.5 Å². The highest BCUT2D eigenvalue weighted by molar-refractivity contribution is 7.18. The lowest BCUT2D eigenvalue weighted by Crippen LogP contribution is -2.15. The van der Waals surface area contributed by atoms with E-state index in [-0.39, 0.29) is 0 Å². The zero-order chi connectivity index (χ0) is 9.80. The van der Waals surface area contributed by atoms with E-state index in [0.29, 0.717) is 0 Å². The van der Waals surface area contributed by atoms with Crippen molar-refractivity contribution in [2.75, 3.05) is 13.1 Å². The molecule has 1 N–H and O–H groups in total. The highest BCUT2D eigenvalue weighted by atomic mass is 32.1. The van der Waals surface area contributed by atoms with Gasteiger partial charge in [-0.05, 0) is 12.6 Å². The highest BCUT2D eigenvalue weighted by Gasteiger charge is 2.02. The molecule has 0 aliphatic carbocycles. The number of nitrogens with one attached hydrogen (secondary N) is 1. The quantitative estimate of drug-likeness (QED) is 0.777. The van der Waals surface area contributed by atoms with E-state index in [1.807, 2.05) is 18.5 Å². The molecular formula is C10H13N3S. The summed E-state index contributed by atoms with van der Waals surface area (Å²) in [7, 11) is 0. The molecule has 0 atom stereocenters. The van der Waals surface area contributed by atoms with Crippen molar-refractivity contribution in [3.05, 3.63) is 23.5 Å². The molecule has 0 aromatic carbocycles. The van der Waals surface area contributed by atoms with Crippen LogP contribution in [0.1, 0.15) is 11.9 Å². The van der Waals surface area contributed by atoms with Gasteiger partial charge in [-0.15, -0.1) is 11.3 Å². The van der Waals surface area contributed by atoms with E-state index in [1.165, 1.54) is 9.71 Å². The van der Waals surface area contributed by atoms with E-state index in [2.05, 4.69) is 22.2 Å². The summed E-state index contributed by atoms with van der Waals surface area (Å²) in [5.41, 5.74) is 1.02. The molecule has 0 aliphatic rings. The number of pyridine rings is 1. The first kappa shape index (κ1) is 9.55. The van der Waals surface area contributed by atoms with Gasteiger partial charge in [0.2, 0.25) is 0 Å². The zero-order valence-corrected chi connectivity index (χ0v) is 8.97. The van der Waals surface area contributed by atoms with Crippen LogP contribution in [0.4, 0.5) is 0 Å². The Hall–Kier alpha value is -1.00. The first-order chi connectivity index (χ1) is 6.90. The fourth-order valence-corrected chi connectivity index (χ4v) is 2.24. The molecule has 0 saturated carbocycles. The number of nitrogens with zero attached hydrogens (tertiary/aromatic N) is 2. The van der Waals surface area contributed by atoms with Crippen LogP contribution in [0.25, 0.3) is 10.2 Å². The Bertz CT molecular complexity index is 377. The van der Waals surface area contributed by atoms with Gasteiger partial charge in [-0.25, -0.2) is 4.98 Å². The summed E-state index contributed by atoms with van der Waals surface area (Å²) in [5.74, 6) is 0. The van der Waals surface area contributed by atoms with Crippen molar-refractivity contribution in [3.8, 4) is 0 Å². The molecule has 0 aliphatic heterocycles. The standard InChI is InChI=1S/C10H13N3S/c1-2-11-6-4-10-13-8-7-12-5-3-9(8)14-10/h3,5,7,11H,2,4,6H2,1H3. The fourth-order valence-electron chi connectivity index (χ4n) is 1.31. The molecule has 0 saturated heterocycles. The first-order valence-electron chi connectivity index (χ1n) is 4.80. The van der Waals surface area contributed by atoms with E-state index < -0.39 is 0 Å². The predicted molar refractivity (Wildman–Crippen MR) is 59.7 cm³/mol. The molecule has 2 aromatic rings. The van der Waals surface area contributed by atoms with Crippen LogP contribution in [0.2, 0.25) is 0 Å². The second-order valence-electron chi connectivity index (χ2n) is 3.05. The number of likely N-dealkylation sites (N-methyl/N-ethyl adjacent to an activating group) is 1. The van der Waals surface area contributed by atoms with Crippen LogP contribution in [0.5, 0.6) is 0 Å². The smallest absolute Gasteiger partial charge is 0.0998 e. The molecule has 2 heterocycles. The Morgan fingerprint density at radius 2 is 2.43 bits per heavy atom. The molecule has 74 valence electrons. The maximum Gasteiger partial charge on any atom is 0.0998 e. The normalized spacial score (nSPS) is 10.9. The lowest BCUT2D eigenvalue weighted by atomic mass is 10.4. The van der Waals surface area contributed by atoms with Crippen LogP contribution in [-0.2, 0) is 6.42 Å². The second-order valence-corrected chi connectivity index (χ2v) is 4.17. The molecule has 4 heteroatoms. The Kier molecular flexibility index (Phi) is 3.06. The number of aromatic nitrogens is 2. The Labute approximate surface area is 87.2 Å². The molecular weight excluding hydrogens is 194 g/mol. The third-order valence-electron chi connectivity index (χ3n) is 2.00. The summed E-state index contributed by atoms with van der Waals surface area (Å²) in [5, 5.41) is 4.48. The second kappa shape index (κ2) is 4.48. The van der Waals surface area contributed by atoms with Gasteiger partial charge >= 0.3 is 0 Å². The van der Waals surface area contributed by atoms with Crippen molar-refractivity contribution in [1.82, 2.24) is 15.3 Å². The van der Waals surface area contributed by atoms with E-state index in [1.54, 1.807) is 11.3 Å². The van der Waals surface area contributed by atoms with Crippen molar-refractivity contribution in [3.63, 3.8) is 0 Å². The van der Waals surface area contributed by atoms with E-state index in [9.17, 15) is 0 Å². The lowest BCUT2D eigenvalue weighted by Gasteiger charge is -1.96. The maximum atomic E-state index is 4.50. The molecule has 2 aromatic heterocycles. The van der Waals surface area contributed by atoms with Gasteiger partial charge in [-0.1, -0.05) is 6.92 Å². The third kappa shape index (κ3) is 2.08. The maximum absolute atomic E-state index is 4.50. The number of hydrogen-bond donors (Lipinski definition) is 1. The van der Waals surface area contributed by atoms with Crippen molar-refractivity contribution in [1.29, 1.82) is 0 Å². The van der Waals surface area contributed by atoms with Crippen molar-refractivity contribution >= 4 is 21.6 Å². The topological polar surface area (TPSA) is 37.8 Å². The van der Waals surface area contributed by atoms with Gasteiger partial charge in [0, 0.05) is 19.2 Å². The minimum absolute atomic E-state index is 1.00.